The largest absolute Gasteiger partial charge is 0.480 e. The minimum atomic E-state index is -1.03. The van der Waals surface area contributed by atoms with E-state index in [1.807, 2.05) is 0 Å². The van der Waals surface area contributed by atoms with Gasteiger partial charge in [0.1, 0.15) is 6.04 Å². The Morgan fingerprint density at radius 1 is 1.50 bits per heavy atom. The van der Waals surface area contributed by atoms with Crippen molar-refractivity contribution in [3.8, 4) is 0 Å². The van der Waals surface area contributed by atoms with Crippen molar-refractivity contribution in [3.63, 3.8) is 0 Å². The average molecular weight is 247 g/mol. The molecule has 0 spiro atoms. The monoisotopic (exact) mass is 247 g/mol. The molecule has 1 amide bonds. The van der Waals surface area contributed by atoms with E-state index in [1.54, 1.807) is 42.0 Å². The van der Waals surface area contributed by atoms with Gasteiger partial charge in [0, 0.05) is 18.0 Å². The molecule has 0 bridgehead atoms. The third-order valence-electron chi connectivity index (χ3n) is 2.67. The summed E-state index contributed by atoms with van der Waals surface area (Å²) in [6.07, 6.45) is 3.63. The molecule has 1 atom stereocenters. The first-order valence-corrected chi connectivity index (χ1v) is 5.59. The summed E-state index contributed by atoms with van der Waals surface area (Å²) in [5, 5.41) is 15.4. The second-order valence-corrected chi connectivity index (χ2v) is 3.89. The van der Waals surface area contributed by atoms with Crippen LogP contribution in [0.2, 0.25) is 0 Å². The van der Waals surface area contributed by atoms with Gasteiger partial charge in [0.15, 0.2) is 0 Å². The number of amides is 1. The number of rotatable bonds is 4. The van der Waals surface area contributed by atoms with Crippen molar-refractivity contribution in [2.75, 3.05) is 0 Å². The number of hydrogen-bond donors (Lipinski definition) is 2. The lowest BCUT2D eigenvalue weighted by atomic mass is 10.2. The van der Waals surface area contributed by atoms with E-state index in [2.05, 4.69) is 10.4 Å². The number of pyridine rings is 1. The highest BCUT2D eigenvalue weighted by Crippen LogP contribution is 2.07. The number of carboxylic acid groups (broad SMARTS) is 1. The zero-order valence-corrected chi connectivity index (χ0v) is 9.83. The lowest BCUT2D eigenvalue weighted by Crippen LogP contribution is -2.40. The van der Waals surface area contributed by atoms with Gasteiger partial charge in [-0.25, -0.2) is 9.31 Å². The van der Waals surface area contributed by atoms with Crippen LogP contribution in [-0.2, 0) is 4.79 Å². The van der Waals surface area contributed by atoms with E-state index < -0.39 is 17.9 Å². The molecular weight excluding hydrogens is 234 g/mol. The number of fused-ring (bicyclic) bond motifs is 1. The summed E-state index contributed by atoms with van der Waals surface area (Å²) < 4.78 is 1.63. The van der Waals surface area contributed by atoms with Crippen LogP contribution >= 0.6 is 0 Å². The smallest absolute Gasteiger partial charge is 0.326 e. The molecule has 2 rings (SSSR count). The van der Waals surface area contributed by atoms with Crippen molar-refractivity contribution in [2.24, 2.45) is 0 Å². The molecule has 94 valence electrons. The fourth-order valence-corrected chi connectivity index (χ4v) is 1.64. The number of carboxylic acids is 1. The lowest BCUT2D eigenvalue weighted by Gasteiger charge is -2.12. The Labute approximate surface area is 103 Å². The molecule has 18 heavy (non-hydrogen) atoms. The number of nitrogens with one attached hydrogen (secondary N) is 1. The molecular formula is C12H13N3O3. The van der Waals surface area contributed by atoms with Crippen LogP contribution in [-0.4, -0.2) is 32.6 Å². The minimum Gasteiger partial charge on any atom is -0.480 e. The van der Waals surface area contributed by atoms with Crippen LogP contribution in [0.15, 0.2) is 30.6 Å². The third kappa shape index (κ3) is 2.32. The Bertz CT molecular complexity index is 591. The molecule has 1 unspecified atom stereocenters. The van der Waals surface area contributed by atoms with Crippen molar-refractivity contribution < 1.29 is 14.7 Å². The summed E-state index contributed by atoms with van der Waals surface area (Å²) in [5.41, 5.74) is 1.20. The van der Waals surface area contributed by atoms with Crippen molar-refractivity contribution >= 4 is 17.4 Å². The number of hydrogen-bond acceptors (Lipinski definition) is 3. The second-order valence-electron chi connectivity index (χ2n) is 3.89. The van der Waals surface area contributed by atoms with Crippen molar-refractivity contribution in [1.82, 2.24) is 14.9 Å². The van der Waals surface area contributed by atoms with Gasteiger partial charge < -0.3 is 10.4 Å². The van der Waals surface area contributed by atoms with Gasteiger partial charge in [-0.1, -0.05) is 6.92 Å². The normalized spacial score (nSPS) is 12.3. The van der Waals surface area contributed by atoms with Crippen LogP contribution in [0.25, 0.3) is 5.52 Å². The summed E-state index contributed by atoms with van der Waals surface area (Å²) in [5.74, 6) is -1.43. The summed E-state index contributed by atoms with van der Waals surface area (Å²) >= 11 is 0. The SMILES string of the molecule is CCC(NC(=O)c1ccn2nccc2c1)C(=O)O. The van der Waals surface area contributed by atoms with E-state index in [1.165, 1.54) is 0 Å². The molecule has 2 aromatic heterocycles. The van der Waals surface area contributed by atoms with Crippen LogP contribution < -0.4 is 5.32 Å². The number of carbonyl (C=O) groups excluding carboxylic acids is 1. The van der Waals surface area contributed by atoms with E-state index in [0.717, 1.165) is 5.52 Å². The second kappa shape index (κ2) is 4.87. The first-order chi connectivity index (χ1) is 8.61. The van der Waals surface area contributed by atoms with Gasteiger partial charge in [0.2, 0.25) is 0 Å². The highest BCUT2D eigenvalue weighted by molar-refractivity contribution is 5.97. The zero-order chi connectivity index (χ0) is 13.1. The van der Waals surface area contributed by atoms with E-state index >= 15 is 0 Å². The van der Waals surface area contributed by atoms with Gasteiger partial charge in [-0.15, -0.1) is 0 Å². The molecule has 2 aromatic rings. The molecule has 0 aliphatic carbocycles. The predicted octanol–water partition coefficient (Wildman–Crippen LogP) is 0.927. The van der Waals surface area contributed by atoms with E-state index in [0.29, 0.717) is 12.0 Å². The molecule has 0 aliphatic heterocycles. The van der Waals surface area contributed by atoms with Gasteiger partial charge in [0.05, 0.1) is 5.52 Å². The molecule has 0 aromatic carbocycles. The summed E-state index contributed by atoms with van der Waals surface area (Å²) in [6.45, 7) is 1.71. The van der Waals surface area contributed by atoms with Crippen molar-refractivity contribution in [2.45, 2.75) is 19.4 Å². The fraction of sp³-hybridized carbons (Fsp3) is 0.250. The number of aliphatic carboxylic acids is 1. The average Bonchev–Trinajstić information content (AvgIpc) is 2.82. The summed E-state index contributed by atoms with van der Waals surface area (Å²) in [6, 6.07) is 4.17. The standard InChI is InChI=1S/C12H13N3O3/c1-2-10(12(17)18)14-11(16)8-4-6-15-9(7-8)3-5-13-15/h3-7,10H,2H2,1H3,(H,14,16)(H,17,18). The van der Waals surface area contributed by atoms with Crippen LogP contribution in [0.4, 0.5) is 0 Å². The molecule has 6 heteroatoms. The first-order valence-electron chi connectivity index (χ1n) is 5.59. The molecule has 0 aliphatic rings. The maximum absolute atomic E-state index is 11.9. The Morgan fingerprint density at radius 3 is 2.94 bits per heavy atom. The predicted molar refractivity (Wildman–Crippen MR) is 64.4 cm³/mol. The van der Waals surface area contributed by atoms with Gasteiger partial charge in [-0.05, 0) is 24.6 Å². The molecule has 0 saturated heterocycles. The maximum Gasteiger partial charge on any atom is 0.326 e. The molecule has 0 saturated carbocycles. The topological polar surface area (TPSA) is 83.7 Å². The van der Waals surface area contributed by atoms with E-state index in [-0.39, 0.29) is 0 Å². The minimum absolute atomic E-state index is 0.343. The zero-order valence-electron chi connectivity index (χ0n) is 9.83. The Hall–Kier alpha value is -2.37. The van der Waals surface area contributed by atoms with Crippen LogP contribution in [0, 0.1) is 0 Å². The molecule has 2 heterocycles. The third-order valence-corrected chi connectivity index (χ3v) is 2.67. The number of aromatic nitrogens is 2. The van der Waals surface area contributed by atoms with Gasteiger partial charge in [0.25, 0.3) is 5.91 Å². The summed E-state index contributed by atoms with van der Waals surface area (Å²) in [7, 11) is 0. The molecule has 6 nitrogen and oxygen atoms in total. The molecule has 0 radical (unpaired) electrons. The number of nitrogens with zero attached hydrogens (tertiary/aromatic N) is 2. The van der Waals surface area contributed by atoms with Crippen LogP contribution in [0.5, 0.6) is 0 Å². The fourth-order valence-electron chi connectivity index (χ4n) is 1.64. The Kier molecular flexibility index (Phi) is 3.27. The van der Waals surface area contributed by atoms with Crippen LogP contribution in [0.3, 0.4) is 0 Å². The van der Waals surface area contributed by atoms with Gasteiger partial charge in [-0.3, -0.25) is 4.79 Å². The van der Waals surface area contributed by atoms with Crippen molar-refractivity contribution in [1.29, 1.82) is 0 Å². The van der Waals surface area contributed by atoms with E-state index in [4.69, 9.17) is 5.11 Å². The first kappa shape index (κ1) is 12.1. The number of carbonyl (C=O) groups is 2. The molecule has 0 fully saturated rings. The lowest BCUT2D eigenvalue weighted by molar-refractivity contribution is -0.139. The van der Waals surface area contributed by atoms with Crippen molar-refractivity contribution in [3.05, 3.63) is 36.2 Å². The quantitative estimate of drug-likeness (QED) is 0.841. The molecule has 2 N–H and O–H groups in total. The summed E-state index contributed by atoms with van der Waals surface area (Å²) in [4.78, 5) is 22.7. The van der Waals surface area contributed by atoms with Crippen LogP contribution in [0.1, 0.15) is 23.7 Å². The maximum atomic E-state index is 11.9. The van der Waals surface area contributed by atoms with Gasteiger partial charge >= 0.3 is 5.97 Å². The highest BCUT2D eigenvalue weighted by Gasteiger charge is 2.18. The highest BCUT2D eigenvalue weighted by atomic mass is 16.4. The van der Waals surface area contributed by atoms with E-state index in [9.17, 15) is 9.59 Å². The Morgan fingerprint density at radius 2 is 2.28 bits per heavy atom. The van der Waals surface area contributed by atoms with Gasteiger partial charge in [-0.2, -0.15) is 5.10 Å². The Balaban J connectivity index is 2.19.